The minimum absolute atomic E-state index is 0. The van der Waals surface area contributed by atoms with Gasteiger partial charge in [-0.05, 0) is 35.9 Å². The molecule has 0 spiro atoms. The minimum atomic E-state index is 0. The summed E-state index contributed by atoms with van der Waals surface area (Å²) in [5.41, 5.74) is 7.49. The number of benzene rings is 2. The lowest BCUT2D eigenvalue weighted by Gasteiger charge is -2.35. The summed E-state index contributed by atoms with van der Waals surface area (Å²) >= 11 is 0. The summed E-state index contributed by atoms with van der Waals surface area (Å²) in [4.78, 5) is 2.52. The molecular formula is C18H25ClN2O. The largest absolute Gasteiger partial charge is 0.496 e. The van der Waals surface area contributed by atoms with Crippen LogP contribution in [0.4, 0.5) is 0 Å². The molecule has 3 nitrogen and oxygen atoms in total. The molecule has 1 heterocycles. The Kier molecular flexibility index (Phi) is 5.68. The van der Waals surface area contributed by atoms with Crippen LogP contribution < -0.4 is 10.5 Å². The molecule has 0 aromatic heterocycles. The van der Waals surface area contributed by atoms with Crippen molar-refractivity contribution in [2.24, 2.45) is 11.7 Å². The van der Waals surface area contributed by atoms with E-state index in [0.717, 1.165) is 31.8 Å². The fraction of sp³-hybridized carbons (Fsp3) is 0.444. The van der Waals surface area contributed by atoms with Gasteiger partial charge < -0.3 is 10.5 Å². The highest BCUT2D eigenvalue weighted by molar-refractivity contribution is 5.91. The highest BCUT2D eigenvalue weighted by Gasteiger charge is 2.23. The van der Waals surface area contributed by atoms with E-state index in [-0.39, 0.29) is 12.4 Å². The maximum absolute atomic E-state index is 6.12. The number of nitrogens with zero attached hydrogens (tertiary/aromatic N) is 1. The van der Waals surface area contributed by atoms with Crippen LogP contribution in [0.25, 0.3) is 10.8 Å². The Morgan fingerprint density at radius 1 is 1.18 bits per heavy atom. The molecule has 22 heavy (non-hydrogen) atoms. The Hall–Kier alpha value is -1.29. The number of likely N-dealkylation sites (tertiary alicyclic amines) is 1. The molecule has 2 N–H and O–H groups in total. The lowest BCUT2D eigenvalue weighted by molar-refractivity contribution is 0.158. The zero-order chi connectivity index (χ0) is 14.8. The smallest absolute Gasteiger partial charge is 0.126 e. The average molecular weight is 321 g/mol. The molecule has 0 aliphatic carbocycles. The van der Waals surface area contributed by atoms with Gasteiger partial charge in [0.15, 0.2) is 0 Å². The number of hydrogen-bond acceptors (Lipinski definition) is 3. The van der Waals surface area contributed by atoms with Gasteiger partial charge in [-0.1, -0.05) is 37.3 Å². The number of rotatable bonds is 3. The number of fused-ring (bicyclic) bond motifs is 1. The molecule has 1 aliphatic heterocycles. The molecule has 2 atom stereocenters. The fourth-order valence-corrected chi connectivity index (χ4v) is 3.28. The van der Waals surface area contributed by atoms with E-state index in [1.165, 1.54) is 16.3 Å². The van der Waals surface area contributed by atoms with Crippen molar-refractivity contribution < 1.29 is 4.74 Å². The number of nitrogens with two attached hydrogens (primary N) is 1. The molecular weight excluding hydrogens is 296 g/mol. The fourth-order valence-electron chi connectivity index (χ4n) is 3.28. The van der Waals surface area contributed by atoms with Gasteiger partial charge in [0.25, 0.3) is 0 Å². The summed E-state index contributed by atoms with van der Waals surface area (Å²) in [7, 11) is 1.73. The average Bonchev–Trinajstić information content (AvgIpc) is 2.51. The third-order valence-electron chi connectivity index (χ3n) is 4.64. The molecule has 1 aliphatic rings. The van der Waals surface area contributed by atoms with Crippen molar-refractivity contribution in [1.29, 1.82) is 0 Å². The van der Waals surface area contributed by atoms with E-state index in [1.54, 1.807) is 7.11 Å². The number of methoxy groups -OCH3 is 1. The van der Waals surface area contributed by atoms with Crippen LogP contribution in [0.15, 0.2) is 36.4 Å². The van der Waals surface area contributed by atoms with Crippen LogP contribution in [-0.2, 0) is 6.54 Å². The molecule has 0 amide bonds. The van der Waals surface area contributed by atoms with Gasteiger partial charge in [-0.3, -0.25) is 4.90 Å². The van der Waals surface area contributed by atoms with Crippen LogP contribution in [0.1, 0.15) is 18.9 Å². The van der Waals surface area contributed by atoms with Crippen LogP contribution in [0, 0.1) is 5.92 Å². The Morgan fingerprint density at radius 3 is 2.59 bits per heavy atom. The Labute approximate surface area is 138 Å². The van der Waals surface area contributed by atoms with Crippen molar-refractivity contribution in [2.45, 2.75) is 25.9 Å². The summed E-state index contributed by atoms with van der Waals surface area (Å²) in [6.07, 6.45) is 1.09. The molecule has 1 fully saturated rings. The Bertz CT molecular complexity index is 632. The minimum Gasteiger partial charge on any atom is -0.496 e. The third kappa shape index (κ3) is 3.37. The predicted molar refractivity (Wildman–Crippen MR) is 94.8 cm³/mol. The predicted octanol–water partition coefficient (Wildman–Crippen LogP) is 3.44. The van der Waals surface area contributed by atoms with Gasteiger partial charge in [0.05, 0.1) is 7.11 Å². The molecule has 2 aromatic rings. The molecule has 0 radical (unpaired) electrons. The van der Waals surface area contributed by atoms with E-state index < -0.39 is 0 Å². The Balaban J connectivity index is 0.00000176. The van der Waals surface area contributed by atoms with E-state index in [0.29, 0.717) is 12.0 Å². The second-order valence-corrected chi connectivity index (χ2v) is 6.14. The van der Waals surface area contributed by atoms with Crippen molar-refractivity contribution >= 4 is 23.2 Å². The molecule has 0 saturated carbocycles. The molecule has 2 aromatic carbocycles. The van der Waals surface area contributed by atoms with E-state index in [9.17, 15) is 0 Å². The quantitative estimate of drug-likeness (QED) is 0.941. The first-order valence-corrected chi connectivity index (χ1v) is 7.71. The summed E-state index contributed by atoms with van der Waals surface area (Å²) in [5.74, 6) is 1.52. The van der Waals surface area contributed by atoms with Gasteiger partial charge in [0.2, 0.25) is 0 Å². The van der Waals surface area contributed by atoms with Gasteiger partial charge in [-0.2, -0.15) is 0 Å². The van der Waals surface area contributed by atoms with Gasteiger partial charge in [-0.15, -0.1) is 12.4 Å². The number of halogens is 1. The first kappa shape index (κ1) is 17.1. The van der Waals surface area contributed by atoms with E-state index in [2.05, 4.69) is 48.2 Å². The van der Waals surface area contributed by atoms with Crippen molar-refractivity contribution in [2.75, 3.05) is 20.2 Å². The van der Waals surface area contributed by atoms with Crippen molar-refractivity contribution in [1.82, 2.24) is 4.90 Å². The van der Waals surface area contributed by atoms with E-state index in [4.69, 9.17) is 10.5 Å². The van der Waals surface area contributed by atoms with Crippen LogP contribution in [0.5, 0.6) is 5.75 Å². The van der Waals surface area contributed by atoms with Gasteiger partial charge in [0.1, 0.15) is 5.75 Å². The number of piperidine rings is 1. The van der Waals surface area contributed by atoms with Gasteiger partial charge in [0, 0.05) is 24.5 Å². The highest BCUT2D eigenvalue weighted by atomic mass is 35.5. The highest BCUT2D eigenvalue weighted by Crippen LogP contribution is 2.29. The molecule has 2 unspecified atom stereocenters. The topological polar surface area (TPSA) is 38.5 Å². The van der Waals surface area contributed by atoms with E-state index in [1.807, 2.05) is 0 Å². The van der Waals surface area contributed by atoms with Crippen molar-refractivity contribution in [3.8, 4) is 5.75 Å². The van der Waals surface area contributed by atoms with Gasteiger partial charge >= 0.3 is 0 Å². The standard InChI is InChI=1S/C18H24N2O.ClH/c1-13-11-20(10-9-17(13)19)12-14-7-8-18(21-2)16-6-4-3-5-15(14)16;/h3-8,13,17H,9-12,19H2,1-2H3;1H. The monoisotopic (exact) mass is 320 g/mol. The zero-order valence-corrected chi connectivity index (χ0v) is 14.1. The van der Waals surface area contributed by atoms with Crippen molar-refractivity contribution in [3.63, 3.8) is 0 Å². The Morgan fingerprint density at radius 2 is 1.91 bits per heavy atom. The van der Waals surface area contributed by atoms with E-state index >= 15 is 0 Å². The normalized spacial score (nSPS) is 22.3. The lowest BCUT2D eigenvalue weighted by atomic mass is 9.94. The first-order valence-electron chi connectivity index (χ1n) is 7.71. The van der Waals surface area contributed by atoms with Crippen molar-refractivity contribution in [3.05, 3.63) is 42.0 Å². The first-order chi connectivity index (χ1) is 10.2. The molecule has 3 rings (SSSR count). The van der Waals surface area contributed by atoms with Crippen LogP contribution in [-0.4, -0.2) is 31.1 Å². The van der Waals surface area contributed by atoms with Crippen LogP contribution in [0.2, 0.25) is 0 Å². The maximum atomic E-state index is 6.12. The lowest BCUT2D eigenvalue weighted by Crippen LogP contribution is -2.45. The number of ether oxygens (including phenoxy) is 1. The molecule has 120 valence electrons. The summed E-state index contributed by atoms with van der Waals surface area (Å²) < 4.78 is 5.47. The second kappa shape index (κ2) is 7.32. The summed E-state index contributed by atoms with van der Waals surface area (Å²) in [5, 5.41) is 2.48. The third-order valence-corrected chi connectivity index (χ3v) is 4.64. The van der Waals surface area contributed by atoms with Gasteiger partial charge in [-0.25, -0.2) is 0 Å². The summed E-state index contributed by atoms with van der Waals surface area (Å²) in [6.45, 7) is 5.41. The number of hydrogen-bond donors (Lipinski definition) is 1. The second-order valence-electron chi connectivity index (χ2n) is 6.14. The summed E-state index contributed by atoms with van der Waals surface area (Å²) in [6, 6.07) is 13.1. The van der Waals surface area contributed by atoms with Crippen LogP contribution >= 0.6 is 12.4 Å². The van der Waals surface area contributed by atoms with Crippen LogP contribution in [0.3, 0.4) is 0 Å². The molecule has 1 saturated heterocycles. The maximum Gasteiger partial charge on any atom is 0.126 e. The zero-order valence-electron chi connectivity index (χ0n) is 13.3. The SMILES string of the molecule is COc1ccc(CN2CCC(N)C(C)C2)c2ccccc12.Cl. The molecule has 4 heteroatoms. The molecule has 0 bridgehead atoms.